The summed E-state index contributed by atoms with van der Waals surface area (Å²) in [6.45, 7) is 5.04. The first-order chi connectivity index (χ1) is 26.1. The Kier molecular flexibility index (Phi) is 8.57. The maximum atomic E-state index is 3.07. The predicted molar refractivity (Wildman–Crippen MR) is 223 cm³/mol. The molecule has 0 aromatic heterocycles. The Hall–Kier alpha value is -3.84. The number of fused-ring (bicyclic) bond motifs is 5. The smallest absolute Gasteiger partial charge is 0.0479 e. The molecule has 2 aromatic carbocycles. The van der Waals surface area contributed by atoms with Crippen LogP contribution in [0.1, 0.15) is 138 Å². The molecule has 8 aliphatic rings. The highest BCUT2D eigenvalue weighted by Crippen LogP contribution is 2.63. The first kappa shape index (κ1) is 33.7. The zero-order chi connectivity index (χ0) is 35.6. The average molecular weight is 698 g/mol. The SMILES string of the molecule is CC1(C)C2=C(CCC=C2N(C2CC=C(C3(C4=CCCC=C4)c4ccccc4C4CCC=CC43)CC2)C2CCC(C3=CC=CCC3)CC2)c2ccccc21. The number of nitrogens with zero attached hydrogens (tertiary/aromatic N) is 1. The van der Waals surface area contributed by atoms with Crippen LogP contribution in [0.2, 0.25) is 0 Å². The lowest BCUT2D eigenvalue weighted by atomic mass is 9.59. The maximum absolute atomic E-state index is 3.07. The first-order valence-electron chi connectivity index (χ1n) is 21.6. The summed E-state index contributed by atoms with van der Waals surface area (Å²) in [5.74, 6) is 1.91. The van der Waals surface area contributed by atoms with Gasteiger partial charge in [0.15, 0.2) is 0 Å². The van der Waals surface area contributed by atoms with Crippen molar-refractivity contribution in [2.45, 2.75) is 139 Å². The Balaban J connectivity index is 1.04. The molecular formula is C52H59N. The van der Waals surface area contributed by atoms with Crippen LogP contribution in [0.3, 0.4) is 0 Å². The summed E-state index contributed by atoms with van der Waals surface area (Å²) >= 11 is 0. The van der Waals surface area contributed by atoms with E-state index in [9.17, 15) is 0 Å². The van der Waals surface area contributed by atoms with Gasteiger partial charge in [0, 0.05) is 34.5 Å². The molecular weight excluding hydrogens is 639 g/mol. The van der Waals surface area contributed by atoms with Crippen LogP contribution in [-0.2, 0) is 10.8 Å². The Morgan fingerprint density at radius 3 is 2.32 bits per heavy atom. The Labute approximate surface area is 319 Å². The number of hydrogen-bond donors (Lipinski definition) is 0. The second-order valence-electron chi connectivity index (χ2n) is 18.1. The van der Waals surface area contributed by atoms with Crippen molar-refractivity contribution in [3.05, 3.63) is 160 Å². The average Bonchev–Trinajstić information content (AvgIpc) is 3.66. The molecule has 0 N–H and O–H groups in total. The van der Waals surface area contributed by atoms with Gasteiger partial charge in [-0.25, -0.2) is 0 Å². The molecule has 4 unspecified atom stereocenters. The van der Waals surface area contributed by atoms with Crippen molar-refractivity contribution in [3.8, 4) is 0 Å². The van der Waals surface area contributed by atoms with E-state index in [1.165, 1.54) is 94.6 Å². The molecule has 0 radical (unpaired) electrons. The summed E-state index contributed by atoms with van der Waals surface area (Å²) < 4.78 is 0. The molecule has 1 nitrogen and oxygen atoms in total. The normalized spacial score (nSPS) is 32.5. The molecule has 0 bridgehead atoms. The molecule has 10 rings (SSSR count). The van der Waals surface area contributed by atoms with E-state index in [1.807, 2.05) is 0 Å². The van der Waals surface area contributed by atoms with Crippen LogP contribution in [0.15, 0.2) is 137 Å². The van der Waals surface area contributed by atoms with E-state index in [1.54, 1.807) is 44.7 Å². The summed E-state index contributed by atoms with van der Waals surface area (Å²) in [5.41, 5.74) is 16.2. The predicted octanol–water partition coefficient (Wildman–Crippen LogP) is 13.3. The van der Waals surface area contributed by atoms with Crippen molar-refractivity contribution >= 4 is 5.57 Å². The van der Waals surface area contributed by atoms with Gasteiger partial charge in [0.05, 0.1) is 0 Å². The van der Waals surface area contributed by atoms with Crippen molar-refractivity contribution in [1.82, 2.24) is 4.90 Å². The first-order valence-corrected chi connectivity index (χ1v) is 21.6. The highest BCUT2D eigenvalue weighted by atomic mass is 15.2. The highest BCUT2D eigenvalue weighted by molar-refractivity contribution is 5.84. The van der Waals surface area contributed by atoms with Gasteiger partial charge in [-0.05, 0) is 147 Å². The van der Waals surface area contributed by atoms with Crippen molar-refractivity contribution in [1.29, 1.82) is 0 Å². The molecule has 1 fully saturated rings. The minimum Gasteiger partial charge on any atom is -0.365 e. The van der Waals surface area contributed by atoms with E-state index < -0.39 is 0 Å². The van der Waals surface area contributed by atoms with E-state index >= 15 is 0 Å². The molecule has 8 aliphatic carbocycles. The van der Waals surface area contributed by atoms with Gasteiger partial charge in [-0.1, -0.05) is 134 Å². The lowest BCUT2D eigenvalue weighted by molar-refractivity contribution is 0.124. The lowest BCUT2D eigenvalue weighted by Crippen LogP contribution is -2.47. The largest absolute Gasteiger partial charge is 0.365 e. The molecule has 53 heavy (non-hydrogen) atoms. The molecule has 2 aromatic rings. The van der Waals surface area contributed by atoms with Crippen molar-refractivity contribution < 1.29 is 0 Å². The molecule has 0 heterocycles. The van der Waals surface area contributed by atoms with Gasteiger partial charge in [-0.15, -0.1) is 0 Å². The van der Waals surface area contributed by atoms with Crippen LogP contribution >= 0.6 is 0 Å². The minimum atomic E-state index is -0.0278. The molecule has 0 saturated heterocycles. The topological polar surface area (TPSA) is 3.24 Å². The minimum absolute atomic E-state index is 0.0278. The van der Waals surface area contributed by atoms with Crippen LogP contribution in [0.4, 0.5) is 0 Å². The Morgan fingerprint density at radius 1 is 0.679 bits per heavy atom. The fraction of sp³-hybridized carbons (Fsp3) is 0.462. The van der Waals surface area contributed by atoms with E-state index in [2.05, 4.69) is 128 Å². The summed E-state index contributed by atoms with van der Waals surface area (Å²) in [7, 11) is 0. The lowest BCUT2D eigenvalue weighted by Gasteiger charge is -2.50. The molecule has 0 amide bonds. The Morgan fingerprint density at radius 2 is 1.53 bits per heavy atom. The monoisotopic (exact) mass is 697 g/mol. The Bertz CT molecular complexity index is 2030. The second kappa shape index (κ2) is 13.5. The van der Waals surface area contributed by atoms with Gasteiger partial charge in [-0.2, -0.15) is 0 Å². The van der Waals surface area contributed by atoms with E-state index in [0.29, 0.717) is 23.9 Å². The van der Waals surface area contributed by atoms with Crippen molar-refractivity contribution in [2.75, 3.05) is 0 Å². The summed E-state index contributed by atoms with van der Waals surface area (Å²) in [5, 5.41) is 0. The van der Waals surface area contributed by atoms with E-state index in [-0.39, 0.29) is 10.8 Å². The third kappa shape index (κ3) is 5.30. The third-order valence-corrected chi connectivity index (χ3v) is 15.2. The van der Waals surface area contributed by atoms with Crippen molar-refractivity contribution in [3.63, 3.8) is 0 Å². The zero-order valence-electron chi connectivity index (χ0n) is 32.3. The van der Waals surface area contributed by atoms with E-state index in [4.69, 9.17) is 0 Å². The van der Waals surface area contributed by atoms with E-state index in [0.717, 1.165) is 18.8 Å². The quantitative estimate of drug-likeness (QED) is 0.272. The maximum Gasteiger partial charge on any atom is 0.0479 e. The third-order valence-electron chi connectivity index (χ3n) is 15.2. The summed E-state index contributed by atoms with van der Waals surface area (Å²) in [6.07, 6.45) is 44.0. The molecule has 1 saturated carbocycles. The number of allylic oxidation sites excluding steroid dienone is 14. The van der Waals surface area contributed by atoms with Gasteiger partial charge >= 0.3 is 0 Å². The zero-order valence-corrected chi connectivity index (χ0v) is 32.3. The van der Waals surface area contributed by atoms with Gasteiger partial charge in [0.2, 0.25) is 0 Å². The van der Waals surface area contributed by atoms with Crippen LogP contribution in [0.25, 0.3) is 5.57 Å². The van der Waals surface area contributed by atoms with Gasteiger partial charge < -0.3 is 4.90 Å². The highest BCUT2D eigenvalue weighted by Gasteiger charge is 2.55. The fourth-order valence-electron chi connectivity index (χ4n) is 13.0. The fourth-order valence-corrected chi connectivity index (χ4v) is 13.0. The van der Waals surface area contributed by atoms with Crippen LogP contribution in [0, 0.1) is 11.8 Å². The molecule has 0 aliphatic heterocycles. The second-order valence-corrected chi connectivity index (χ2v) is 18.1. The van der Waals surface area contributed by atoms with Crippen LogP contribution in [-0.4, -0.2) is 17.0 Å². The number of benzene rings is 2. The van der Waals surface area contributed by atoms with Crippen LogP contribution < -0.4 is 0 Å². The molecule has 272 valence electrons. The molecule has 4 atom stereocenters. The molecule has 0 spiro atoms. The number of hydrogen-bond acceptors (Lipinski definition) is 1. The summed E-state index contributed by atoms with van der Waals surface area (Å²) in [4.78, 5) is 3.07. The standard InChI is InChI=1S/C52H59N/c1-51(2)46-24-12-9-22-44(46)45-23-15-27-49(50(45)51)53(40-32-28-37(29-33-40)36-16-5-3-6-17-36)41-34-30-39(31-35-41)52(38-18-7-4-8-19-38)47-25-13-10-20-42(47)43-21-11-14-26-48(43)52/h3,5,7,9-10,12-14,16,18-20,22,24-27,30,37,40-41,43,48H,4,6,8,11,15,17,21,23,28-29,31-35H2,1-2H3. The van der Waals surface area contributed by atoms with Crippen LogP contribution in [0.5, 0.6) is 0 Å². The van der Waals surface area contributed by atoms with Gasteiger partial charge in [0.1, 0.15) is 0 Å². The van der Waals surface area contributed by atoms with Crippen molar-refractivity contribution in [2.24, 2.45) is 11.8 Å². The number of rotatable bonds is 6. The van der Waals surface area contributed by atoms with Gasteiger partial charge in [0.25, 0.3) is 0 Å². The summed E-state index contributed by atoms with van der Waals surface area (Å²) in [6, 6.07) is 20.1. The van der Waals surface area contributed by atoms with Gasteiger partial charge in [-0.3, -0.25) is 0 Å². The molecule has 1 heteroatoms.